The number of aryl methyl sites for hydroxylation is 1. The largest absolute Gasteiger partial charge is 0.423 e. The van der Waals surface area contributed by atoms with Crippen LogP contribution in [0, 0.1) is 0 Å². The number of hydrogen-bond donors (Lipinski definition) is 0. The van der Waals surface area contributed by atoms with Crippen molar-refractivity contribution in [3.05, 3.63) is 44.8 Å². The first kappa shape index (κ1) is 17.8. The maximum atomic E-state index is 11.9. The Hall–Kier alpha value is -1.02. The van der Waals surface area contributed by atoms with E-state index in [2.05, 4.69) is 17.1 Å². The molecule has 0 unspecified atom stereocenters. The van der Waals surface area contributed by atoms with Crippen molar-refractivity contribution in [2.45, 2.75) is 34.7 Å². The highest BCUT2D eigenvalue weighted by atomic mass is 35.5. The molecule has 126 valence electrons. The zero-order chi connectivity index (χ0) is 17.1. The summed E-state index contributed by atoms with van der Waals surface area (Å²) < 4.78 is 7.19. The average Bonchev–Trinajstić information content (AvgIpc) is 3.00. The molecule has 0 saturated carbocycles. The molecular formula is C16H15ClN2O2S3. The van der Waals surface area contributed by atoms with Crippen LogP contribution in [0.5, 0.6) is 0 Å². The van der Waals surface area contributed by atoms with Crippen LogP contribution < -0.4 is 5.63 Å². The molecule has 24 heavy (non-hydrogen) atoms. The van der Waals surface area contributed by atoms with Gasteiger partial charge in [0.25, 0.3) is 0 Å². The van der Waals surface area contributed by atoms with Crippen LogP contribution in [0.3, 0.4) is 0 Å². The summed E-state index contributed by atoms with van der Waals surface area (Å²) in [6, 6.07) is 5.27. The van der Waals surface area contributed by atoms with E-state index in [-0.39, 0.29) is 5.63 Å². The second-order valence-electron chi connectivity index (χ2n) is 4.94. The molecule has 0 saturated heterocycles. The minimum atomic E-state index is -0.345. The molecule has 0 atom stereocenters. The van der Waals surface area contributed by atoms with Gasteiger partial charge < -0.3 is 4.42 Å². The van der Waals surface area contributed by atoms with Gasteiger partial charge in [-0.1, -0.05) is 60.3 Å². The van der Waals surface area contributed by atoms with E-state index < -0.39 is 0 Å². The van der Waals surface area contributed by atoms with E-state index >= 15 is 0 Å². The molecule has 1 aromatic carbocycles. The molecule has 4 nitrogen and oxygen atoms in total. The SMILES string of the molecule is CCSc1nnc(SCc2cc(=O)oc3cc(CC)c(Cl)cc23)s1. The Morgan fingerprint density at radius 1 is 1.12 bits per heavy atom. The van der Waals surface area contributed by atoms with E-state index in [1.165, 1.54) is 6.07 Å². The smallest absolute Gasteiger partial charge is 0.336 e. The molecule has 0 amide bonds. The van der Waals surface area contributed by atoms with Crippen LogP contribution in [0.1, 0.15) is 25.0 Å². The van der Waals surface area contributed by atoms with E-state index in [1.54, 1.807) is 34.9 Å². The topological polar surface area (TPSA) is 56.0 Å². The molecule has 3 aromatic rings. The van der Waals surface area contributed by atoms with Crippen LogP contribution in [0.2, 0.25) is 5.02 Å². The van der Waals surface area contributed by atoms with Crippen LogP contribution in [-0.4, -0.2) is 16.0 Å². The lowest BCUT2D eigenvalue weighted by Gasteiger charge is -2.07. The molecule has 3 rings (SSSR count). The molecule has 0 bridgehead atoms. The van der Waals surface area contributed by atoms with Gasteiger partial charge in [0.2, 0.25) is 0 Å². The molecule has 0 aliphatic carbocycles. The third kappa shape index (κ3) is 3.96. The van der Waals surface area contributed by atoms with Crippen LogP contribution in [0.25, 0.3) is 11.0 Å². The summed E-state index contributed by atoms with van der Waals surface area (Å²) in [5, 5.41) is 9.89. The Bertz CT molecular complexity index is 923. The number of hydrogen-bond acceptors (Lipinski definition) is 7. The van der Waals surface area contributed by atoms with E-state index in [0.717, 1.165) is 37.4 Å². The minimum absolute atomic E-state index is 0.345. The second kappa shape index (κ2) is 7.91. The molecule has 2 aromatic heterocycles. The van der Waals surface area contributed by atoms with Gasteiger partial charge in [0.05, 0.1) is 0 Å². The number of halogens is 1. The van der Waals surface area contributed by atoms with Gasteiger partial charge in [-0.3, -0.25) is 0 Å². The molecule has 8 heteroatoms. The van der Waals surface area contributed by atoms with Crippen molar-refractivity contribution in [3.8, 4) is 0 Å². The van der Waals surface area contributed by atoms with Gasteiger partial charge in [-0.25, -0.2) is 4.79 Å². The van der Waals surface area contributed by atoms with E-state index in [1.807, 2.05) is 19.1 Å². The number of thioether (sulfide) groups is 2. The summed E-state index contributed by atoms with van der Waals surface area (Å²) in [5.74, 6) is 1.59. The lowest BCUT2D eigenvalue weighted by Crippen LogP contribution is -2.00. The van der Waals surface area contributed by atoms with Crippen LogP contribution in [0.15, 0.2) is 36.1 Å². The van der Waals surface area contributed by atoms with Crippen molar-refractivity contribution >= 4 is 57.4 Å². The highest BCUT2D eigenvalue weighted by Gasteiger charge is 2.11. The quantitative estimate of drug-likeness (QED) is 0.416. The monoisotopic (exact) mass is 398 g/mol. The van der Waals surface area contributed by atoms with E-state index in [4.69, 9.17) is 16.0 Å². The Morgan fingerprint density at radius 2 is 1.88 bits per heavy atom. The summed E-state index contributed by atoms with van der Waals surface area (Å²) in [5.41, 5.74) is 2.11. The standard InChI is InChI=1S/C16H15ClN2O2S3/c1-3-9-5-13-11(7-12(9)17)10(6-14(20)21-13)8-23-16-19-18-15(24-16)22-4-2/h5-7H,3-4,8H2,1-2H3. The van der Waals surface area contributed by atoms with Gasteiger partial charge in [0, 0.05) is 22.2 Å². The zero-order valence-corrected chi connectivity index (χ0v) is 16.4. The Balaban J connectivity index is 1.90. The molecule has 0 radical (unpaired) electrons. The van der Waals surface area contributed by atoms with Crippen molar-refractivity contribution in [1.82, 2.24) is 10.2 Å². The van der Waals surface area contributed by atoms with Gasteiger partial charge >= 0.3 is 5.63 Å². The lowest BCUT2D eigenvalue weighted by atomic mass is 10.1. The Labute approximate surface area is 157 Å². The number of benzene rings is 1. The van der Waals surface area contributed by atoms with Crippen LogP contribution >= 0.6 is 46.5 Å². The third-order valence-electron chi connectivity index (χ3n) is 3.38. The summed E-state index contributed by atoms with van der Waals surface area (Å²) in [6.07, 6.45) is 0.792. The molecule has 0 aliphatic rings. The third-order valence-corrected chi connectivity index (χ3v) is 6.86. The first-order valence-electron chi connectivity index (χ1n) is 7.45. The highest BCUT2D eigenvalue weighted by Crippen LogP contribution is 2.33. The molecule has 0 aliphatic heterocycles. The lowest BCUT2D eigenvalue weighted by molar-refractivity contribution is 0.559. The fraction of sp³-hybridized carbons (Fsp3) is 0.312. The first-order valence-corrected chi connectivity index (χ1v) is 10.6. The Kier molecular flexibility index (Phi) is 5.86. The van der Waals surface area contributed by atoms with Crippen molar-refractivity contribution in [3.63, 3.8) is 0 Å². The predicted octanol–water partition coefficient (Wildman–Crippen LogP) is 5.26. The number of rotatable bonds is 6. The fourth-order valence-electron chi connectivity index (χ4n) is 2.26. The maximum absolute atomic E-state index is 11.9. The normalized spacial score (nSPS) is 11.3. The van der Waals surface area contributed by atoms with Gasteiger partial charge in [0.15, 0.2) is 8.68 Å². The summed E-state index contributed by atoms with van der Waals surface area (Å²) >= 11 is 11.1. The Morgan fingerprint density at radius 3 is 2.58 bits per heavy atom. The van der Waals surface area contributed by atoms with E-state index in [9.17, 15) is 4.79 Å². The predicted molar refractivity (Wildman–Crippen MR) is 103 cm³/mol. The second-order valence-corrected chi connectivity index (χ2v) is 9.06. The van der Waals surface area contributed by atoms with Crippen LogP contribution in [-0.2, 0) is 12.2 Å². The molecular weight excluding hydrogens is 384 g/mol. The molecule has 0 fully saturated rings. The first-order chi connectivity index (χ1) is 11.6. The summed E-state index contributed by atoms with van der Waals surface area (Å²) in [4.78, 5) is 11.9. The van der Waals surface area contributed by atoms with Crippen molar-refractivity contribution in [2.75, 3.05) is 5.75 Å². The molecule has 2 heterocycles. The molecule has 0 N–H and O–H groups in total. The van der Waals surface area contributed by atoms with Crippen molar-refractivity contribution < 1.29 is 4.42 Å². The molecule has 0 spiro atoms. The van der Waals surface area contributed by atoms with E-state index in [0.29, 0.717) is 16.4 Å². The number of nitrogens with zero attached hydrogens (tertiary/aromatic N) is 2. The van der Waals surface area contributed by atoms with Crippen molar-refractivity contribution in [1.29, 1.82) is 0 Å². The summed E-state index contributed by atoms with van der Waals surface area (Å²) in [6.45, 7) is 4.11. The van der Waals surface area contributed by atoms with Crippen molar-refractivity contribution in [2.24, 2.45) is 0 Å². The fourth-order valence-corrected chi connectivity index (χ4v) is 5.46. The van der Waals surface area contributed by atoms with Gasteiger partial charge in [-0.2, -0.15) is 0 Å². The van der Waals surface area contributed by atoms with Gasteiger partial charge in [-0.15, -0.1) is 10.2 Å². The van der Waals surface area contributed by atoms with Gasteiger partial charge in [0.1, 0.15) is 5.58 Å². The highest BCUT2D eigenvalue weighted by molar-refractivity contribution is 8.02. The minimum Gasteiger partial charge on any atom is -0.423 e. The van der Waals surface area contributed by atoms with Crippen LogP contribution in [0.4, 0.5) is 0 Å². The van der Waals surface area contributed by atoms with Gasteiger partial charge in [-0.05, 0) is 35.4 Å². The zero-order valence-electron chi connectivity index (χ0n) is 13.2. The maximum Gasteiger partial charge on any atom is 0.336 e. The summed E-state index contributed by atoms with van der Waals surface area (Å²) in [7, 11) is 0. The average molecular weight is 399 g/mol. The number of aromatic nitrogens is 2. The number of fused-ring (bicyclic) bond motifs is 1.